The van der Waals surface area contributed by atoms with Gasteiger partial charge in [0, 0.05) is 12.6 Å². The molecule has 0 bridgehead atoms. The maximum atomic E-state index is 12.3. The topological polar surface area (TPSA) is 80.0 Å². The molecule has 0 radical (unpaired) electrons. The lowest BCUT2D eigenvalue weighted by molar-refractivity contribution is 0.0950. The first-order valence-corrected chi connectivity index (χ1v) is 7.03. The quantitative estimate of drug-likeness (QED) is 0.851. The van der Waals surface area contributed by atoms with Crippen LogP contribution in [-0.4, -0.2) is 35.2 Å². The number of nitrogens with zero attached hydrogens (tertiary/aromatic N) is 2. The summed E-state index contributed by atoms with van der Waals surface area (Å²) < 4.78 is 5.15. The molecule has 1 heterocycles. The molecule has 120 valence electrons. The van der Waals surface area contributed by atoms with Crippen LogP contribution in [0.15, 0.2) is 28.8 Å². The van der Waals surface area contributed by atoms with Crippen molar-refractivity contribution in [1.82, 2.24) is 20.8 Å². The summed E-state index contributed by atoms with van der Waals surface area (Å²) in [6.07, 6.45) is 0. The van der Waals surface area contributed by atoms with E-state index in [-0.39, 0.29) is 24.4 Å². The summed E-state index contributed by atoms with van der Waals surface area (Å²) in [5.74, 6) is 0.755. The van der Waals surface area contributed by atoms with Crippen molar-refractivity contribution in [3.63, 3.8) is 0 Å². The van der Waals surface area contributed by atoms with E-state index in [1.54, 1.807) is 19.1 Å². The van der Waals surface area contributed by atoms with Gasteiger partial charge in [-0.25, -0.2) is 0 Å². The van der Waals surface area contributed by atoms with E-state index in [4.69, 9.17) is 4.52 Å². The maximum Gasteiger partial charge on any atom is 0.258 e. The predicted molar refractivity (Wildman–Crippen MR) is 87.2 cm³/mol. The molecule has 0 aliphatic heterocycles. The molecule has 0 fully saturated rings. The molecule has 1 atom stereocenters. The van der Waals surface area contributed by atoms with Crippen molar-refractivity contribution in [1.29, 1.82) is 0 Å². The van der Waals surface area contributed by atoms with Gasteiger partial charge in [-0.2, -0.15) is 4.98 Å². The molecule has 1 aromatic heterocycles. The lowest BCUT2D eigenvalue weighted by Crippen LogP contribution is -2.38. The molecule has 2 rings (SSSR count). The number of halogens is 1. The largest absolute Gasteiger partial charge is 0.350 e. The number of carbonyl (C=O) groups excluding carboxylic acids is 1. The number of nitrogens with one attached hydrogen (secondary N) is 2. The van der Waals surface area contributed by atoms with Gasteiger partial charge in [0.1, 0.15) is 0 Å². The number of amides is 1. The third kappa shape index (κ3) is 4.54. The number of hydrogen-bond donors (Lipinski definition) is 2. The summed E-state index contributed by atoms with van der Waals surface area (Å²) >= 11 is 0. The van der Waals surface area contributed by atoms with Crippen molar-refractivity contribution >= 4 is 18.3 Å². The summed E-state index contributed by atoms with van der Waals surface area (Å²) in [7, 11) is 0. The standard InChI is InChI=1S/C15H20N4O2.ClH/c1-4-16-10(2)9-17-14(20)12-7-5-6-8-13(12)15-18-11(3)19-21-15;/h5-8,10,16H,4,9H2,1-3H3,(H,17,20);1H/t10-;/m1./s1. The zero-order valence-corrected chi connectivity index (χ0v) is 13.7. The Labute approximate surface area is 136 Å². The average Bonchev–Trinajstić information content (AvgIpc) is 2.91. The Bertz CT molecular complexity index is 615. The van der Waals surface area contributed by atoms with E-state index in [0.29, 0.717) is 29.4 Å². The molecule has 2 aromatic rings. The number of rotatable bonds is 6. The first-order chi connectivity index (χ1) is 10.1. The lowest BCUT2D eigenvalue weighted by Gasteiger charge is -2.14. The van der Waals surface area contributed by atoms with Crippen molar-refractivity contribution in [3.8, 4) is 11.5 Å². The normalized spacial score (nSPS) is 11.6. The molecule has 0 unspecified atom stereocenters. The first kappa shape index (κ1) is 18.1. The van der Waals surface area contributed by atoms with Crippen LogP contribution in [0, 0.1) is 6.92 Å². The number of aromatic nitrogens is 2. The minimum atomic E-state index is -0.147. The molecule has 7 heteroatoms. The lowest BCUT2D eigenvalue weighted by atomic mass is 10.1. The Morgan fingerprint density at radius 1 is 1.36 bits per heavy atom. The minimum Gasteiger partial charge on any atom is -0.350 e. The number of aryl methyl sites for hydroxylation is 1. The van der Waals surface area contributed by atoms with Gasteiger partial charge < -0.3 is 15.2 Å². The van der Waals surface area contributed by atoms with Gasteiger partial charge in [-0.05, 0) is 32.5 Å². The molecule has 22 heavy (non-hydrogen) atoms. The van der Waals surface area contributed by atoms with E-state index in [2.05, 4.69) is 20.8 Å². The fourth-order valence-electron chi connectivity index (χ4n) is 2.04. The second-order valence-electron chi connectivity index (χ2n) is 4.86. The van der Waals surface area contributed by atoms with E-state index in [9.17, 15) is 4.79 Å². The highest BCUT2D eigenvalue weighted by Crippen LogP contribution is 2.21. The summed E-state index contributed by atoms with van der Waals surface area (Å²) in [4.78, 5) is 16.5. The van der Waals surface area contributed by atoms with Gasteiger partial charge in [0.15, 0.2) is 5.82 Å². The zero-order valence-electron chi connectivity index (χ0n) is 12.9. The second kappa shape index (κ2) is 8.51. The fourth-order valence-corrected chi connectivity index (χ4v) is 2.04. The first-order valence-electron chi connectivity index (χ1n) is 7.03. The third-order valence-corrected chi connectivity index (χ3v) is 3.05. The molecule has 0 saturated carbocycles. The SMILES string of the molecule is CCN[C@H](C)CNC(=O)c1ccccc1-c1nc(C)no1.Cl. The summed E-state index contributed by atoms with van der Waals surface area (Å²) in [6, 6.07) is 7.43. The average molecular weight is 325 g/mol. The third-order valence-electron chi connectivity index (χ3n) is 3.05. The monoisotopic (exact) mass is 324 g/mol. The predicted octanol–water partition coefficient (Wildman–Crippen LogP) is 2.19. The Hall–Kier alpha value is -1.92. The molecular formula is C15H21ClN4O2. The Morgan fingerprint density at radius 3 is 2.73 bits per heavy atom. The molecule has 0 spiro atoms. The van der Waals surface area contributed by atoms with Crippen LogP contribution in [0.1, 0.15) is 30.0 Å². The van der Waals surface area contributed by atoms with Crippen LogP contribution in [0.5, 0.6) is 0 Å². The Morgan fingerprint density at radius 2 is 2.09 bits per heavy atom. The molecule has 0 aliphatic carbocycles. The van der Waals surface area contributed by atoms with E-state index in [1.807, 2.05) is 26.0 Å². The minimum absolute atomic E-state index is 0. The number of likely N-dealkylation sites (N-methyl/N-ethyl adjacent to an activating group) is 1. The van der Waals surface area contributed by atoms with Crippen molar-refractivity contribution in [2.75, 3.05) is 13.1 Å². The van der Waals surface area contributed by atoms with Crippen LogP contribution in [0.3, 0.4) is 0 Å². The fraction of sp³-hybridized carbons (Fsp3) is 0.400. The highest BCUT2D eigenvalue weighted by molar-refractivity contribution is 5.99. The van der Waals surface area contributed by atoms with Crippen molar-refractivity contribution in [2.45, 2.75) is 26.8 Å². The van der Waals surface area contributed by atoms with Gasteiger partial charge >= 0.3 is 0 Å². The molecule has 0 aliphatic rings. The van der Waals surface area contributed by atoms with Crippen molar-refractivity contribution in [2.24, 2.45) is 0 Å². The number of hydrogen-bond acceptors (Lipinski definition) is 5. The van der Waals surface area contributed by atoms with Gasteiger partial charge in [0.25, 0.3) is 11.8 Å². The smallest absolute Gasteiger partial charge is 0.258 e. The molecule has 2 N–H and O–H groups in total. The summed E-state index contributed by atoms with van der Waals surface area (Å²) in [6.45, 7) is 7.23. The maximum absolute atomic E-state index is 12.3. The van der Waals surface area contributed by atoms with Gasteiger partial charge in [-0.3, -0.25) is 4.79 Å². The molecule has 1 aromatic carbocycles. The van der Waals surface area contributed by atoms with Crippen molar-refractivity contribution in [3.05, 3.63) is 35.7 Å². The van der Waals surface area contributed by atoms with Crippen LogP contribution in [0.4, 0.5) is 0 Å². The van der Waals surface area contributed by atoms with Gasteiger partial charge in [-0.15, -0.1) is 12.4 Å². The molecule has 1 amide bonds. The summed E-state index contributed by atoms with van der Waals surface area (Å²) in [5, 5.41) is 9.92. The molecule has 0 saturated heterocycles. The Kier molecular flexibility index (Phi) is 7.01. The summed E-state index contributed by atoms with van der Waals surface area (Å²) in [5.41, 5.74) is 1.18. The van der Waals surface area contributed by atoms with Crippen molar-refractivity contribution < 1.29 is 9.32 Å². The van der Waals surface area contributed by atoms with Crippen LogP contribution in [0.2, 0.25) is 0 Å². The van der Waals surface area contributed by atoms with Crippen LogP contribution in [-0.2, 0) is 0 Å². The van der Waals surface area contributed by atoms with E-state index >= 15 is 0 Å². The van der Waals surface area contributed by atoms with Gasteiger partial charge in [-0.1, -0.05) is 24.2 Å². The second-order valence-corrected chi connectivity index (χ2v) is 4.86. The van der Waals surface area contributed by atoms with E-state index in [0.717, 1.165) is 6.54 Å². The number of carbonyl (C=O) groups is 1. The van der Waals surface area contributed by atoms with Crippen LogP contribution >= 0.6 is 12.4 Å². The van der Waals surface area contributed by atoms with Gasteiger partial charge in [0.05, 0.1) is 11.1 Å². The van der Waals surface area contributed by atoms with E-state index < -0.39 is 0 Å². The zero-order chi connectivity index (χ0) is 15.2. The Balaban J connectivity index is 0.00000242. The van der Waals surface area contributed by atoms with E-state index in [1.165, 1.54) is 0 Å². The highest BCUT2D eigenvalue weighted by atomic mass is 35.5. The molecule has 6 nitrogen and oxygen atoms in total. The van der Waals surface area contributed by atoms with Crippen LogP contribution in [0.25, 0.3) is 11.5 Å². The highest BCUT2D eigenvalue weighted by Gasteiger charge is 2.16. The van der Waals surface area contributed by atoms with Gasteiger partial charge in [0.2, 0.25) is 0 Å². The van der Waals surface area contributed by atoms with Crippen LogP contribution < -0.4 is 10.6 Å². The molecular weight excluding hydrogens is 304 g/mol. The number of benzene rings is 1.